The van der Waals surface area contributed by atoms with Crippen LogP contribution in [0.15, 0.2) is 59.1 Å². The summed E-state index contributed by atoms with van der Waals surface area (Å²) >= 11 is 1.13. The molecule has 10 heteroatoms. The Morgan fingerprint density at radius 3 is 2.71 bits per heavy atom. The zero-order valence-corrected chi connectivity index (χ0v) is 17.6. The van der Waals surface area contributed by atoms with Gasteiger partial charge in [-0.25, -0.2) is 3.97 Å². The van der Waals surface area contributed by atoms with Gasteiger partial charge in [0.05, 0.1) is 16.1 Å². The molecule has 0 bridgehead atoms. The molecule has 0 unspecified atom stereocenters. The SMILES string of the molecule is O=C(O)CCc1cn(S(=O)(=O)c2ccc(-c3ccccn3)s2)c2cc3c(cc12)OCO3. The maximum atomic E-state index is 13.5. The molecule has 1 aliphatic rings. The maximum Gasteiger partial charge on any atom is 0.303 e. The van der Waals surface area contributed by atoms with E-state index in [4.69, 9.17) is 14.6 Å². The van der Waals surface area contributed by atoms with E-state index in [1.807, 2.05) is 12.1 Å². The first-order valence-electron chi connectivity index (χ1n) is 9.36. The van der Waals surface area contributed by atoms with Gasteiger partial charge in [0.1, 0.15) is 4.21 Å². The molecule has 0 radical (unpaired) electrons. The molecule has 8 nitrogen and oxygen atoms in total. The number of pyridine rings is 1. The number of hydrogen-bond acceptors (Lipinski definition) is 7. The van der Waals surface area contributed by atoms with Crippen molar-refractivity contribution >= 4 is 38.2 Å². The van der Waals surface area contributed by atoms with Gasteiger partial charge in [-0.2, -0.15) is 8.42 Å². The molecule has 1 N–H and O–H groups in total. The largest absolute Gasteiger partial charge is 0.481 e. The summed E-state index contributed by atoms with van der Waals surface area (Å²) in [6, 6.07) is 12.1. The van der Waals surface area contributed by atoms with Crippen molar-refractivity contribution < 1.29 is 27.8 Å². The van der Waals surface area contributed by atoms with Crippen LogP contribution in [-0.2, 0) is 21.2 Å². The Hall–Kier alpha value is -3.37. The second-order valence-corrected chi connectivity index (χ2v) is 10.0. The number of fused-ring (bicyclic) bond motifs is 2. The lowest BCUT2D eigenvalue weighted by atomic mass is 10.1. The molecular weight excluding hydrogens is 440 g/mol. The van der Waals surface area contributed by atoms with Gasteiger partial charge in [-0.05, 0) is 42.3 Å². The van der Waals surface area contributed by atoms with Crippen molar-refractivity contribution in [1.29, 1.82) is 0 Å². The Morgan fingerprint density at radius 1 is 1.16 bits per heavy atom. The predicted octanol–water partition coefficient (Wildman–Crippen LogP) is 3.75. The van der Waals surface area contributed by atoms with Crippen molar-refractivity contribution in [2.75, 3.05) is 6.79 Å². The topological polar surface area (TPSA) is 108 Å². The van der Waals surface area contributed by atoms with E-state index >= 15 is 0 Å². The molecule has 0 saturated carbocycles. The van der Waals surface area contributed by atoms with E-state index in [2.05, 4.69) is 4.98 Å². The first-order chi connectivity index (χ1) is 14.9. The second-order valence-electron chi connectivity index (χ2n) is 6.91. The van der Waals surface area contributed by atoms with Crippen LogP contribution in [0.4, 0.5) is 0 Å². The fourth-order valence-electron chi connectivity index (χ4n) is 3.49. The molecule has 31 heavy (non-hydrogen) atoms. The molecular formula is C21H16N2O6S2. The van der Waals surface area contributed by atoms with Crippen molar-refractivity contribution in [2.45, 2.75) is 17.1 Å². The van der Waals surface area contributed by atoms with Crippen LogP contribution < -0.4 is 9.47 Å². The summed E-state index contributed by atoms with van der Waals surface area (Å²) in [6.45, 7) is 0.0531. The molecule has 1 aliphatic heterocycles. The summed E-state index contributed by atoms with van der Waals surface area (Å²) in [4.78, 5) is 16.1. The Kier molecular flexibility index (Phi) is 4.67. The minimum absolute atomic E-state index is 0.0531. The molecule has 0 saturated heterocycles. The van der Waals surface area contributed by atoms with E-state index in [1.54, 1.807) is 36.5 Å². The second kappa shape index (κ2) is 7.40. The maximum absolute atomic E-state index is 13.5. The fraction of sp³-hybridized carbons (Fsp3) is 0.143. The number of carboxylic acids is 1. The van der Waals surface area contributed by atoms with Crippen LogP contribution in [0.5, 0.6) is 11.5 Å². The molecule has 0 amide bonds. The van der Waals surface area contributed by atoms with E-state index in [1.165, 1.54) is 10.2 Å². The number of aliphatic carboxylic acids is 1. The quantitative estimate of drug-likeness (QED) is 0.471. The highest BCUT2D eigenvalue weighted by Gasteiger charge is 2.26. The third-order valence-corrected chi connectivity index (χ3v) is 8.22. The molecule has 0 fully saturated rings. The minimum atomic E-state index is -3.92. The first-order valence-corrected chi connectivity index (χ1v) is 11.6. The van der Waals surface area contributed by atoms with Gasteiger partial charge in [0.25, 0.3) is 10.0 Å². The van der Waals surface area contributed by atoms with Crippen molar-refractivity contribution in [1.82, 2.24) is 8.96 Å². The van der Waals surface area contributed by atoms with Crippen LogP contribution in [0, 0.1) is 0 Å². The third-order valence-electron chi connectivity index (χ3n) is 4.97. The molecule has 4 aromatic rings. The van der Waals surface area contributed by atoms with Gasteiger partial charge in [-0.3, -0.25) is 9.78 Å². The Bertz CT molecular complexity index is 1410. The summed E-state index contributed by atoms with van der Waals surface area (Å²) in [5.41, 5.74) is 1.72. The summed E-state index contributed by atoms with van der Waals surface area (Å²) in [5.74, 6) is 0.00253. The van der Waals surface area contributed by atoms with Crippen LogP contribution >= 0.6 is 11.3 Å². The van der Waals surface area contributed by atoms with Crippen LogP contribution in [0.1, 0.15) is 12.0 Å². The van der Waals surface area contributed by atoms with E-state index in [0.717, 1.165) is 16.2 Å². The number of thiophene rings is 1. The van der Waals surface area contributed by atoms with Crippen molar-refractivity contribution in [3.63, 3.8) is 0 Å². The Balaban J connectivity index is 1.63. The van der Waals surface area contributed by atoms with Crippen LogP contribution in [0.3, 0.4) is 0 Å². The number of carbonyl (C=O) groups is 1. The zero-order chi connectivity index (χ0) is 21.6. The number of benzene rings is 1. The van der Waals surface area contributed by atoms with Crippen LogP contribution in [0.25, 0.3) is 21.5 Å². The number of hydrogen-bond donors (Lipinski definition) is 1. The van der Waals surface area contributed by atoms with Gasteiger partial charge >= 0.3 is 5.97 Å². The zero-order valence-electron chi connectivity index (χ0n) is 16.0. The molecule has 5 rings (SSSR count). The van der Waals surface area contributed by atoms with Gasteiger partial charge < -0.3 is 14.6 Å². The number of aryl methyl sites for hydroxylation is 1. The third kappa shape index (κ3) is 3.43. The minimum Gasteiger partial charge on any atom is -0.481 e. The molecule has 1 aromatic carbocycles. The van der Waals surface area contributed by atoms with Crippen LogP contribution in [-0.4, -0.2) is 35.2 Å². The molecule has 0 atom stereocenters. The van der Waals surface area contributed by atoms with Crippen molar-refractivity contribution in [3.8, 4) is 22.1 Å². The predicted molar refractivity (Wildman–Crippen MR) is 114 cm³/mol. The normalized spacial score (nSPS) is 13.0. The average Bonchev–Trinajstić information content (AvgIpc) is 3.49. The van der Waals surface area contributed by atoms with E-state index in [9.17, 15) is 13.2 Å². The van der Waals surface area contributed by atoms with Gasteiger partial charge in [0.15, 0.2) is 11.5 Å². The lowest BCUT2D eigenvalue weighted by Gasteiger charge is -2.06. The highest BCUT2D eigenvalue weighted by atomic mass is 32.2. The van der Waals surface area contributed by atoms with Gasteiger partial charge in [-0.15, -0.1) is 11.3 Å². The highest BCUT2D eigenvalue weighted by Crippen LogP contribution is 2.40. The molecule has 4 heterocycles. The smallest absolute Gasteiger partial charge is 0.303 e. The number of ether oxygens (including phenoxy) is 2. The molecule has 0 aliphatic carbocycles. The van der Waals surface area contributed by atoms with Gasteiger partial charge in [0.2, 0.25) is 6.79 Å². The highest BCUT2D eigenvalue weighted by molar-refractivity contribution is 7.92. The average molecular weight is 457 g/mol. The molecule has 0 spiro atoms. The van der Waals surface area contributed by atoms with E-state index < -0.39 is 16.0 Å². The summed E-state index contributed by atoms with van der Waals surface area (Å²) in [7, 11) is -3.92. The number of nitrogens with zero attached hydrogens (tertiary/aromatic N) is 2. The van der Waals surface area contributed by atoms with Crippen molar-refractivity contribution in [2.24, 2.45) is 0 Å². The summed E-state index contributed by atoms with van der Waals surface area (Å²) < 4.78 is 39.2. The number of rotatable bonds is 6. The lowest BCUT2D eigenvalue weighted by molar-refractivity contribution is -0.136. The summed E-state index contributed by atoms with van der Waals surface area (Å²) in [5, 5.41) is 9.70. The number of carboxylic acid groups (broad SMARTS) is 1. The number of aromatic nitrogens is 2. The fourth-order valence-corrected chi connectivity index (χ4v) is 6.25. The van der Waals surface area contributed by atoms with E-state index in [0.29, 0.717) is 33.7 Å². The van der Waals surface area contributed by atoms with Crippen LogP contribution in [0.2, 0.25) is 0 Å². The van der Waals surface area contributed by atoms with Gasteiger partial charge in [-0.1, -0.05) is 6.07 Å². The monoisotopic (exact) mass is 456 g/mol. The van der Waals surface area contributed by atoms with Gasteiger partial charge in [0, 0.05) is 30.3 Å². The standard InChI is InChI=1S/C21H16N2O6S2/c24-20(25)6-4-13-11-23(16-10-18-17(9-14(13)16)28-12-29-18)31(26,27)21-7-5-19(30-21)15-3-1-2-8-22-15/h1-3,5,7-11H,4,6,12H2,(H,24,25). The van der Waals surface area contributed by atoms with Crippen molar-refractivity contribution in [3.05, 3.63) is 60.4 Å². The van der Waals surface area contributed by atoms with E-state index in [-0.39, 0.29) is 23.8 Å². The summed E-state index contributed by atoms with van der Waals surface area (Å²) in [6.07, 6.45) is 3.21. The Morgan fingerprint density at radius 2 is 1.97 bits per heavy atom. The first kappa shape index (κ1) is 19.6. The molecule has 3 aromatic heterocycles. The molecule has 158 valence electrons. The lowest BCUT2D eigenvalue weighted by Crippen LogP contribution is -2.10. The Labute approximate surface area is 181 Å².